The lowest BCUT2D eigenvalue weighted by Gasteiger charge is -2.25. The van der Waals surface area contributed by atoms with Crippen LogP contribution in [0.25, 0.3) is 10.1 Å². The first-order chi connectivity index (χ1) is 14.5. The summed E-state index contributed by atoms with van der Waals surface area (Å²) in [4.78, 5) is 0. The van der Waals surface area contributed by atoms with Gasteiger partial charge >= 0.3 is 0 Å². The van der Waals surface area contributed by atoms with Gasteiger partial charge in [-0.3, -0.25) is 4.72 Å². The normalized spacial score (nSPS) is 16.6. The average molecular weight is 443 g/mol. The van der Waals surface area contributed by atoms with Crippen LogP contribution < -0.4 is 10.0 Å². The van der Waals surface area contributed by atoms with Crippen LogP contribution in [0.5, 0.6) is 0 Å². The van der Waals surface area contributed by atoms with E-state index in [-0.39, 0.29) is 0 Å². The molecule has 2 N–H and O–H groups in total. The maximum absolute atomic E-state index is 13.0. The summed E-state index contributed by atoms with van der Waals surface area (Å²) >= 11 is 1.30. The Morgan fingerprint density at radius 2 is 1.77 bits per heavy atom. The highest BCUT2D eigenvalue weighted by atomic mass is 32.2. The zero-order valence-electron chi connectivity index (χ0n) is 17.4. The van der Waals surface area contributed by atoms with E-state index < -0.39 is 10.0 Å². The van der Waals surface area contributed by atoms with Gasteiger partial charge in [0.25, 0.3) is 10.0 Å². The van der Waals surface area contributed by atoms with Crippen molar-refractivity contribution in [2.45, 2.75) is 62.2 Å². The van der Waals surface area contributed by atoms with Crippen molar-refractivity contribution in [3.63, 3.8) is 0 Å². The van der Waals surface area contributed by atoms with E-state index >= 15 is 0 Å². The summed E-state index contributed by atoms with van der Waals surface area (Å²) in [7, 11) is -3.62. The molecule has 0 amide bonds. The van der Waals surface area contributed by atoms with Crippen LogP contribution in [0, 0.1) is 5.92 Å². The van der Waals surface area contributed by atoms with Gasteiger partial charge in [-0.1, -0.05) is 68.5 Å². The molecule has 2 aromatic carbocycles. The van der Waals surface area contributed by atoms with Crippen LogP contribution in [0.15, 0.2) is 58.8 Å². The highest BCUT2D eigenvalue weighted by Crippen LogP contribution is 2.31. The number of rotatable bonds is 8. The quantitative estimate of drug-likeness (QED) is 0.440. The summed E-state index contributed by atoms with van der Waals surface area (Å²) in [5.74, 6) is 0.822. The molecular weight excluding hydrogens is 412 g/mol. The van der Waals surface area contributed by atoms with Crippen LogP contribution in [0.2, 0.25) is 0 Å². The van der Waals surface area contributed by atoms with Crippen LogP contribution in [0.3, 0.4) is 0 Å². The number of nitrogens with one attached hydrogen (secondary N) is 2. The molecule has 3 aromatic rings. The summed E-state index contributed by atoms with van der Waals surface area (Å²) in [6, 6.07) is 17.6. The Hall–Kier alpha value is -1.89. The Labute approximate surface area is 183 Å². The van der Waals surface area contributed by atoms with Gasteiger partial charge in [0.05, 0.1) is 5.69 Å². The highest BCUT2D eigenvalue weighted by molar-refractivity contribution is 7.94. The molecule has 0 radical (unpaired) electrons. The summed E-state index contributed by atoms with van der Waals surface area (Å²) in [6.45, 7) is 2.89. The van der Waals surface area contributed by atoms with Gasteiger partial charge in [0.2, 0.25) is 0 Å². The van der Waals surface area contributed by atoms with E-state index in [0.29, 0.717) is 22.5 Å². The standard InChI is InChI=1S/C24H30N2O2S2/c1-18(15-19-9-3-2-4-10-19)25-17-21-12-5-7-13-22(21)26-30(27,28)24-16-20-11-6-8-14-23(20)29-24/h5-8,11-14,16,18-19,25-26H,2-4,9-10,15,17H2,1H3/t18-/m0/s1. The van der Waals surface area contributed by atoms with Gasteiger partial charge in [-0.2, -0.15) is 0 Å². The van der Waals surface area contributed by atoms with E-state index in [0.717, 1.165) is 21.6 Å². The molecule has 1 aliphatic carbocycles. The number of para-hydroxylation sites is 1. The van der Waals surface area contributed by atoms with E-state index in [1.54, 1.807) is 6.07 Å². The van der Waals surface area contributed by atoms with Crippen molar-refractivity contribution in [1.29, 1.82) is 0 Å². The van der Waals surface area contributed by atoms with Crippen molar-refractivity contribution in [3.05, 3.63) is 60.2 Å². The highest BCUT2D eigenvalue weighted by Gasteiger charge is 2.20. The first-order valence-corrected chi connectivity index (χ1v) is 13.1. The molecule has 1 heterocycles. The molecule has 4 rings (SSSR count). The molecule has 1 fully saturated rings. The van der Waals surface area contributed by atoms with Crippen molar-refractivity contribution < 1.29 is 8.42 Å². The Balaban J connectivity index is 1.43. The minimum atomic E-state index is -3.62. The second-order valence-corrected chi connectivity index (χ2v) is 11.4. The van der Waals surface area contributed by atoms with Crippen molar-refractivity contribution >= 4 is 37.1 Å². The van der Waals surface area contributed by atoms with Gasteiger partial charge in [0.15, 0.2) is 0 Å². The minimum absolute atomic E-state index is 0.345. The van der Waals surface area contributed by atoms with Crippen LogP contribution in [0.4, 0.5) is 5.69 Å². The zero-order chi connectivity index (χ0) is 21.0. The molecule has 30 heavy (non-hydrogen) atoms. The summed E-state index contributed by atoms with van der Waals surface area (Å²) in [6.07, 6.45) is 7.98. The second kappa shape index (κ2) is 9.50. The fourth-order valence-electron chi connectivity index (χ4n) is 4.35. The number of hydrogen-bond donors (Lipinski definition) is 2. The molecule has 1 aromatic heterocycles. The van der Waals surface area contributed by atoms with E-state index in [4.69, 9.17) is 0 Å². The number of thiophene rings is 1. The first kappa shape index (κ1) is 21.3. The number of anilines is 1. The molecule has 4 nitrogen and oxygen atoms in total. The van der Waals surface area contributed by atoms with E-state index in [1.165, 1.54) is 49.9 Å². The van der Waals surface area contributed by atoms with Crippen LogP contribution in [0.1, 0.15) is 51.0 Å². The van der Waals surface area contributed by atoms with E-state index in [2.05, 4.69) is 17.0 Å². The first-order valence-electron chi connectivity index (χ1n) is 10.8. The number of benzene rings is 2. The molecule has 6 heteroatoms. The topological polar surface area (TPSA) is 58.2 Å². The third-order valence-electron chi connectivity index (χ3n) is 5.98. The summed E-state index contributed by atoms with van der Waals surface area (Å²) < 4.78 is 30.1. The molecule has 0 unspecified atom stereocenters. The van der Waals surface area contributed by atoms with Crippen molar-refractivity contribution in [2.75, 3.05) is 4.72 Å². The maximum atomic E-state index is 13.0. The van der Waals surface area contributed by atoms with Crippen molar-refractivity contribution in [1.82, 2.24) is 5.32 Å². The Morgan fingerprint density at radius 1 is 1.03 bits per heavy atom. The molecule has 1 aliphatic rings. The van der Waals surface area contributed by atoms with Gasteiger partial charge < -0.3 is 5.32 Å². The van der Waals surface area contributed by atoms with Crippen molar-refractivity contribution in [3.8, 4) is 0 Å². The molecular formula is C24H30N2O2S2. The van der Waals surface area contributed by atoms with Crippen LogP contribution in [-0.2, 0) is 16.6 Å². The lowest BCUT2D eigenvalue weighted by atomic mass is 9.85. The predicted molar refractivity (Wildman–Crippen MR) is 127 cm³/mol. The SMILES string of the molecule is C[C@@H](CC1CCCCC1)NCc1ccccc1NS(=O)(=O)c1cc2ccccc2s1. The zero-order valence-corrected chi connectivity index (χ0v) is 19.1. The van der Waals surface area contributed by atoms with Crippen LogP contribution >= 0.6 is 11.3 Å². The van der Waals surface area contributed by atoms with Gasteiger partial charge in [0.1, 0.15) is 4.21 Å². The number of hydrogen-bond acceptors (Lipinski definition) is 4. The molecule has 1 saturated carbocycles. The molecule has 0 spiro atoms. The molecule has 160 valence electrons. The third kappa shape index (κ3) is 5.23. The monoisotopic (exact) mass is 442 g/mol. The summed E-state index contributed by atoms with van der Waals surface area (Å²) in [5, 5.41) is 4.55. The van der Waals surface area contributed by atoms with E-state index in [1.807, 2.05) is 48.5 Å². The largest absolute Gasteiger partial charge is 0.310 e. The number of sulfonamides is 1. The van der Waals surface area contributed by atoms with Gasteiger partial charge in [-0.15, -0.1) is 11.3 Å². The fraction of sp³-hybridized carbons (Fsp3) is 0.417. The van der Waals surface area contributed by atoms with Crippen LogP contribution in [-0.4, -0.2) is 14.5 Å². The number of fused-ring (bicyclic) bond motifs is 1. The Bertz CT molecular complexity index is 1050. The van der Waals surface area contributed by atoms with E-state index in [9.17, 15) is 8.42 Å². The predicted octanol–water partition coefficient (Wildman–Crippen LogP) is 6.15. The fourth-order valence-corrected chi connectivity index (χ4v) is 6.85. The van der Waals surface area contributed by atoms with Gasteiger partial charge in [-0.25, -0.2) is 8.42 Å². The molecule has 0 saturated heterocycles. The van der Waals surface area contributed by atoms with Gasteiger partial charge in [-0.05, 0) is 48.4 Å². The second-order valence-electron chi connectivity index (χ2n) is 8.39. The maximum Gasteiger partial charge on any atom is 0.271 e. The smallest absolute Gasteiger partial charge is 0.271 e. The third-order valence-corrected chi connectivity index (χ3v) is 8.94. The lowest BCUT2D eigenvalue weighted by Crippen LogP contribution is -2.29. The summed E-state index contributed by atoms with van der Waals surface area (Å²) in [5.41, 5.74) is 1.62. The average Bonchev–Trinajstić information content (AvgIpc) is 3.19. The van der Waals surface area contributed by atoms with Crippen molar-refractivity contribution in [2.24, 2.45) is 5.92 Å². The van der Waals surface area contributed by atoms with Gasteiger partial charge in [0, 0.05) is 17.3 Å². The lowest BCUT2D eigenvalue weighted by molar-refractivity contribution is 0.305. The Morgan fingerprint density at radius 3 is 2.57 bits per heavy atom. The molecule has 0 aliphatic heterocycles. The molecule has 0 bridgehead atoms. The molecule has 1 atom stereocenters. The minimum Gasteiger partial charge on any atom is -0.310 e. The Kier molecular flexibility index (Phi) is 6.76.